The molecule has 1 N–H and O–H groups in total. The standard InChI is InChI=1S/C20H22N2O6S/c1-26-15-8-7-13(11-16(15)27-2)21-18(23)12-28-20(25)14-5-3-9-22(14)19(24)17-6-4-10-29-17/h4,6-8,10-11,14H,3,5,9,12H2,1-2H3,(H,21,23)/t14-/m0/s1. The molecule has 0 bridgehead atoms. The number of ether oxygens (including phenoxy) is 3. The van der Waals surface area contributed by atoms with Gasteiger partial charge in [-0.3, -0.25) is 9.59 Å². The van der Waals surface area contributed by atoms with E-state index >= 15 is 0 Å². The Hall–Kier alpha value is -3.07. The van der Waals surface area contributed by atoms with Crippen LogP contribution in [-0.2, 0) is 14.3 Å². The Labute approximate surface area is 172 Å². The molecule has 0 radical (unpaired) electrons. The van der Waals surface area contributed by atoms with Crippen LogP contribution in [0.5, 0.6) is 11.5 Å². The number of hydrogen-bond donors (Lipinski definition) is 1. The molecule has 29 heavy (non-hydrogen) atoms. The van der Waals surface area contributed by atoms with Gasteiger partial charge in [-0.2, -0.15) is 0 Å². The van der Waals surface area contributed by atoms with E-state index in [0.29, 0.717) is 41.4 Å². The van der Waals surface area contributed by atoms with Gasteiger partial charge in [0.05, 0.1) is 19.1 Å². The lowest BCUT2D eigenvalue weighted by atomic mass is 10.2. The third-order valence-corrected chi connectivity index (χ3v) is 5.39. The highest BCUT2D eigenvalue weighted by Crippen LogP contribution is 2.29. The number of carbonyl (C=O) groups excluding carboxylic acids is 3. The first-order chi connectivity index (χ1) is 14.0. The number of nitrogens with zero attached hydrogens (tertiary/aromatic N) is 1. The Balaban J connectivity index is 1.54. The maximum Gasteiger partial charge on any atom is 0.329 e. The average Bonchev–Trinajstić information content (AvgIpc) is 3.43. The summed E-state index contributed by atoms with van der Waals surface area (Å²) in [4.78, 5) is 39.2. The molecule has 2 heterocycles. The highest BCUT2D eigenvalue weighted by molar-refractivity contribution is 7.12. The van der Waals surface area contributed by atoms with Gasteiger partial charge in [0.2, 0.25) is 0 Å². The molecule has 1 atom stereocenters. The quantitative estimate of drug-likeness (QED) is 0.695. The number of carbonyl (C=O) groups is 3. The molecule has 9 heteroatoms. The summed E-state index contributed by atoms with van der Waals surface area (Å²) in [6.07, 6.45) is 1.24. The van der Waals surface area contributed by atoms with Crippen LogP contribution in [0, 0.1) is 0 Å². The highest BCUT2D eigenvalue weighted by atomic mass is 32.1. The van der Waals surface area contributed by atoms with Crippen molar-refractivity contribution >= 4 is 34.8 Å². The van der Waals surface area contributed by atoms with Crippen LogP contribution >= 0.6 is 11.3 Å². The Bertz CT molecular complexity index is 883. The van der Waals surface area contributed by atoms with Gasteiger partial charge in [0.1, 0.15) is 6.04 Å². The summed E-state index contributed by atoms with van der Waals surface area (Å²) >= 11 is 1.33. The summed E-state index contributed by atoms with van der Waals surface area (Å²) in [5.41, 5.74) is 0.485. The number of amides is 2. The van der Waals surface area contributed by atoms with Crippen molar-refractivity contribution in [3.63, 3.8) is 0 Å². The van der Waals surface area contributed by atoms with E-state index in [-0.39, 0.29) is 5.91 Å². The van der Waals surface area contributed by atoms with Gasteiger partial charge in [-0.25, -0.2) is 4.79 Å². The van der Waals surface area contributed by atoms with Crippen molar-refractivity contribution < 1.29 is 28.6 Å². The van der Waals surface area contributed by atoms with Crippen molar-refractivity contribution in [2.24, 2.45) is 0 Å². The topological polar surface area (TPSA) is 94.2 Å². The summed E-state index contributed by atoms with van der Waals surface area (Å²) in [5.74, 6) is -0.242. The first-order valence-electron chi connectivity index (χ1n) is 9.06. The Morgan fingerprint density at radius 1 is 1.17 bits per heavy atom. The minimum atomic E-state index is -0.668. The summed E-state index contributed by atoms with van der Waals surface area (Å²) < 4.78 is 15.5. The molecule has 1 fully saturated rings. The molecule has 154 valence electrons. The number of likely N-dealkylation sites (tertiary alicyclic amines) is 1. The van der Waals surface area contributed by atoms with Gasteiger partial charge in [0, 0.05) is 18.3 Å². The second-order valence-corrected chi connectivity index (χ2v) is 7.31. The fraction of sp³-hybridized carbons (Fsp3) is 0.350. The van der Waals surface area contributed by atoms with Crippen molar-refractivity contribution in [1.29, 1.82) is 0 Å². The normalized spacial score (nSPS) is 15.7. The molecule has 1 aliphatic rings. The molecular formula is C20H22N2O6S. The van der Waals surface area contributed by atoms with Crippen molar-refractivity contribution in [1.82, 2.24) is 4.90 Å². The zero-order valence-electron chi connectivity index (χ0n) is 16.2. The summed E-state index contributed by atoms with van der Waals surface area (Å²) in [5, 5.41) is 4.45. The molecule has 1 aliphatic heterocycles. The van der Waals surface area contributed by atoms with Crippen molar-refractivity contribution in [3.8, 4) is 11.5 Å². The minimum Gasteiger partial charge on any atom is -0.493 e. The van der Waals surface area contributed by atoms with E-state index in [2.05, 4.69) is 5.32 Å². The number of hydrogen-bond acceptors (Lipinski definition) is 7. The maximum absolute atomic E-state index is 12.5. The lowest BCUT2D eigenvalue weighted by Crippen LogP contribution is -2.41. The van der Waals surface area contributed by atoms with Crippen LogP contribution < -0.4 is 14.8 Å². The van der Waals surface area contributed by atoms with Crippen molar-refractivity contribution in [2.75, 3.05) is 32.7 Å². The SMILES string of the molecule is COc1ccc(NC(=O)COC(=O)[C@@H]2CCCN2C(=O)c2cccs2)cc1OC. The summed E-state index contributed by atoms with van der Waals surface area (Å²) in [6, 6.07) is 7.77. The first kappa shape index (κ1) is 20.7. The van der Waals surface area contributed by atoms with Gasteiger partial charge >= 0.3 is 5.97 Å². The first-order valence-corrected chi connectivity index (χ1v) is 9.94. The molecule has 0 spiro atoms. The molecule has 0 saturated carbocycles. The largest absolute Gasteiger partial charge is 0.493 e. The van der Waals surface area contributed by atoms with Crippen LogP contribution in [-0.4, -0.2) is 56.1 Å². The zero-order valence-corrected chi connectivity index (χ0v) is 17.0. The molecule has 0 aliphatic carbocycles. The molecule has 3 rings (SSSR count). The van der Waals surface area contributed by atoms with Crippen LogP contribution in [0.3, 0.4) is 0 Å². The van der Waals surface area contributed by atoms with Crippen LogP contribution in [0.25, 0.3) is 0 Å². The molecule has 8 nitrogen and oxygen atoms in total. The van der Waals surface area contributed by atoms with Gasteiger partial charge in [-0.15, -0.1) is 11.3 Å². The fourth-order valence-electron chi connectivity index (χ4n) is 3.14. The third-order valence-electron chi connectivity index (χ3n) is 4.53. The second kappa shape index (κ2) is 9.42. The third kappa shape index (κ3) is 4.86. The van der Waals surface area contributed by atoms with Crippen LogP contribution in [0.4, 0.5) is 5.69 Å². The Kier molecular flexibility index (Phi) is 6.71. The minimum absolute atomic E-state index is 0.186. The smallest absolute Gasteiger partial charge is 0.329 e. The lowest BCUT2D eigenvalue weighted by molar-refractivity contribution is -0.151. The van der Waals surface area contributed by atoms with Gasteiger partial charge in [0.15, 0.2) is 18.1 Å². The zero-order chi connectivity index (χ0) is 20.8. The van der Waals surface area contributed by atoms with E-state index in [1.165, 1.54) is 30.5 Å². The number of nitrogens with one attached hydrogen (secondary N) is 1. The molecule has 2 amide bonds. The van der Waals surface area contributed by atoms with Gasteiger partial charge in [-0.05, 0) is 36.4 Å². The number of esters is 1. The van der Waals surface area contributed by atoms with Crippen LogP contribution in [0.2, 0.25) is 0 Å². The van der Waals surface area contributed by atoms with Crippen molar-refractivity contribution in [2.45, 2.75) is 18.9 Å². The molecule has 1 saturated heterocycles. The van der Waals surface area contributed by atoms with Gasteiger partial charge in [-0.1, -0.05) is 6.07 Å². The number of methoxy groups -OCH3 is 2. The van der Waals surface area contributed by atoms with Gasteiger partial charge < -0.3 is 24.4 Å². The monoisotopic (exact) mass is 418 g/mol. The number of anilines is 1. The number of rotatable bonds is 7. The molecule has 1 aromatic heterocycles. The predicted octanol–water partition coefficient (Wildman–Crippen LogP) is 2.55. The molecule has 2 aromatic rings. The van der Waals surface area contributed by atoms with E-state index in [1.54, 1.807) is 30.3 Å². The van der Waals surface area contributed by atoms with E-state index in [4.69, 9.17) is 14.2 Å². The highest BCUT2D eigenvalue weighted by Gasteiger charge is 2.36. The molecular weight excluding hydrogens is 396 g/mol. The predicted molar refractivity (Wildman–Crippen MR) is 108 cm³/mol. The van der Waals surface area contributed by atoms with E-state index in [1.807, 2.05) is 5.38 Å². The summed E-state index contributed by atoms with van der Waals surface area (Å²) in [6.45, 7) is 0.0546. The molecule has 0 unspecified atom stereocenters. The maximum atomic E-state index is 12.5. The number of benzene rings is 1. The van der Waals surface area contributed by atoms with E-state index in [0.717, 1.165) is 0 Å². The van der Waals surface area contributed by atoms with E-state index < -0.39 is 24.5 Å². The van der Waals surface area contributed by atoms with Crippen LogP contribution in [0.15, 0.2) is 35.7 Å². The Morgan fingerprint density at radius 2 is 1.97 bits per heavy atom. The van der Waals surface area contributed by atoms with Gasteiger partial charge in [0.25, 0.3) is 11.8 Å². The van der Waals surface area contributed by atoms with Crippen molar-refractivity contribution in [3.05, 3.63) is 40.6 Å². The van der Waals surface area contributed by atoms with Crippen LogP contribution in [0.1, 0.15) is 22.5 Å². The fourth-order valence-corrected chi connectivity index (χ4v) is 3.82. The second-order valence-electron chi connectivity index (χ2n) is 6.36. The lowest BCUT2D eigenvalue weighted by Gasteiger charge is -2.22. The summed E-state index contributed by atoms with van der Waals surface area (Å²) in [7, 11) is 3.02. The number of thiophene rings is 1. The average molecular weight is 418 g/mol. The Morgan fingerprint density at radius 3 is 2.66 bits per heavy atom. The molecule has 1 aromatic carbocycles. The van der Waals surface area contributed by atoms with E-state index in [9.17, 15) is 14.4 Å².